The van der Waals surface area contributed by atoms with E-state index < -0.39 is 11.6 Å². The molecule has 1 fully saturated rings. The molecule has 0 radical (unpaired) electrons. The quantitative estimate of drug-likeness (QED) is 0.928. The summed E-state index contributed by atoms with van der Waals surface area (Å²) in [5.74, 6) is -1.01. The van der Waals surface area contributed by atoms with Gasteiger partial charge in [0.1, 0.15) is 11.6 Å². The van der Waals surface area contributed by atoms with Crippen molar-refractivity contribution in [3.05, 3.63) is 35.4 Å². The molecule has 0 aromatic heterocycles. The monoisotopic (exact) mass is 296 g/mol. The lowest BCUT2D eigenvalue weighted by Crippen LogP contribution is -2.50. The predicted octanol–water partition coefficient (Wildman–Crippen LogP) is 2.48. The standard InChI is InChI=1S/C16H22F2N2O/c1-2-11-6-7-20(12(8-11)10-19)16(21)9-13-14(17)4-3-5-15(13)18/h3-5,11-12H,2,6-10,19H2,1H3. The van der Waals surface area contributed by atoms with E-state index in [9.17, 15) is 13.6 Å². The molecule has 2 atom stereocenters. The summed E-state index contributed by atoms with van der Waals surface area (Å²) in [6.45, 7) is 3.14. The number of carbonyl (C=O) groups is 1. The third-order valence-corrected chi connectivity index (χ3v) is 4.38. The van der Waals surface area contributed by atoms with Crippen LogP contribution in [0.4, 0.5) is 8.78 Å². The van der Waals surface area contributed by atoms with Gasteiger partial charge in [-0.1, -0.05) is 19.4 Å². The first-order chi connectivity index (χ1) is 10.1. The van der Waals surface area contributed by atoms with Crippen molar-refractivity contribution in [3.63, 3.8) is 0 Å². The van der Waals surface area contributed by atoms with Gasteiger partial charge >= 0.3 is 0 Å². The molecule has 1 heterocycles. The molecule has 1 aromatic rings. The number of halogens is 2. The largest absolute Gasteiger partial charge is 0.338 e. The summed E-state index contributed by atoms with van der Waals surface area (Å²) < 4.78 is 27.3. The van der Waals surface area contributed by atoms with Gasteiger partial charge in [0.25, 0.3) is 0 Å². The fourth-order valence-electron chi connectivity index (χ4n) is 3.01. The van der Waals surface area contributed by atoms with Gasteiger partial charge in [-0.15, -0.1) is 0 Å². The van der Waals surface area contributed by atoms with Gasteiger partial charge < -0.3 is 10.6 Å². The Labute approximate surface area is 124 Å². The average Bonchev–Trinajstić information content (AvgIpc) is 2.50. The van der Waals surface area contributed by atoms with Crippen molar-refractivity contribution < 1.29 is 13.6 Å². The van der Waals surface area contributed by atoms with E-state index in [0.717, 1.165) is 19.3 Å². The second-order valence-corrected chi connectivity index (χ2v) is 5.65. The topological polar surface area (TPSA) is 46.3 Å². The molecular weight excluding hydrogens is 274 g/mol. The van der Waals surface area contributed by atoms with Gasteiger partial charge in [-0.2, -0.15) is 0 Å². The van der Waals surface area contributed by atoms with Gasteiger partial charge in [-0.05, 0) is 30.9 Å². The summed E-state index contributed by atoms with van der Waals surface area (Å²) in [7, 11) is 0. The second-order valence-electron chi connectivity index (χ2n) is 5.65. The van der Waals surface area contributed by atoms with Crippen LogP contribution in [-0.4, -0.2) is 29.9 Å². The molecule has 1 aromatic carbocycles. The summed E-state index contributed by atoms with van der Waals surface area (Å²) >= 11 is 0. The molecule has 3 nitrogen and oxygen atoms in total. The molecular formula is C16H22F2N2O. The molecule has 1 aliphatic heterocycles. The summed E-state index contributed by atoms with van der Waals surface area (Å²) in [5.41, 5.74) is 5.60. The number of nitrogens with zero attached hydrogens (tertiary/aromatic N) is 1. The van der Waals surface area contributed by atoms with Crippen LogP contribution in [0.15, 0.2) is 18.2 Å². The Kier molecular flexibility index (Phi) is 5.28. The minimum absolute atomic E-state index is 0.0222. The summed E-state index contributed by atoms with van der Waals surface area (Å²) in [4.78, 5) is 14.1. The number of carbonyl (C=O) groups excluding carboxylic acids is 1. The number of piperidine rings is 1. The maximum atomic E-state index is 13.6. The van der Waals surface area contributed by atoms with Crippen LogP contribution in [0.2, 0.25) is 0 Å². The smallest absolute Gasteiger partial charge is 0.227 e. The van der Waals surface area contributed by atoms with Gasteiger partial charge in [-0.25, -0.2) is 8.78 Å². The fraction of sp³-hybridized carbons (Fsp3) is 0.562. The van der Waals surface area contributed by atoms with E-state index in [0.29, 0.717) is 19.0 Å². The molecule has 0 spiro atoms. The molecule has 5 heteroatoms. The number of hydrogen-bond donors (Lipinski definition) is 1. The fourth-order valence-corrected chi connectivity index (χ4v) is 3.01. The van der Waals surface area contributed by atoms with Crippen molar-refractivity contribution in [2.45, 2.75) is 38.6 Å². The molecule has 0 aliphatic carbocycles. The lowest BCUT2D eigenvalue weighted by Gasteiger charge is -2.39. The maximum absolute atomic E-state index is 13.6. The highest BCUT2D eigenvalue weighted by Crippen LogP contribution is 2.26. The molecule has 0 saturated carbocycles. The third kappa shape index (κ3) is 3.59. The minimum atomic E-state index is -0.670. The van der Waals surface area contributed by atoms with Crippen molar-refractivity contribution in [1.29, 1.82) is 0 Å². The van der Waals surface area contributed by atoms with Crippen molar-refractivity contribution in [3.8, 4) is 0 Å². The van der Waals surface area contributed by atoms with Crippen molar-refractivity contribution in [2.75, 3.05) is 13.1 Å². The Hall–Kier alpha value is -1.49. The molecule has 1 aliphatic rings. The Bertz CT molecular complexity index is 487. The second kappa shape index (κ2) is 6.98. The molecule has 2 unspecified atom stereocenters. The Morgan fingerprint density at radius 3 is 2.62 bits per heavy atom. The van der Waals surface area contributed by atoms with E-state index in [1.807, 2.05) is 0 Å². The first kappa shape index (κ1) is 15.9. The minimum Gasteiger partial charge on any atom is -0.338 e. The molecule has 21 heavy (non-hydrogen) atoms. The number of hydrogen-bond acceptors (Lipinski definition) is 2. The van der Waals surface area contributed by atoms with Crippen LogP contribution in [0.1, 0.15) is 31.7 Å². The van der Waals surface area contributed by atoms with Gasteiger partial charge in [0.05, 0.1) is 6.42 Å². The van der Waals surface area contributed by atoms with E-state index in [-0.39, 0.29) is 23.9 Å². The van der Waals surface area contributed by atoms with Gasteiger partial charge in [-0.3, -0.25) is 4.79 Å². The summed E-state index contributed by atoms with van der Waals surface area (Å²) in [5, 5.41) is 0. The highest BCUT2D eigenvalue weighted by atomic mass is 19.1. The predicted molar refractivity (Wildman–Crippen MR) is 77.6 cm³/mol. The Morgan fingerprint density at radius 1 is 1.38 bits per heavy atom. The van der Waals surface area contributed by atoms with E-state index in [1.54, 1.807) is 4.90 Å². The SMILES string of the molecule is CCC1CCN(C(=O)Cc2c(F)cccc2F)C(CN)C1. The third-order valence-electron chi connectivity index (χ3n) is 4.38. The van der Waals surface area contributed by atoms with Crippen LogP contribution in [0.25, 0.3) is 0 Å². The zero-order valence-electron chi connectivity index (χ0n) is 12.3. The molecule has 1 saturated heterocycles. The lowest BCUT2D eigenvalue weighted by atomic mass is 9.88. The van der Waals surface area contributed by atoms with E-state index >= 15 is 0 Å². The number of rotatable bonds is 4. The number of nitrogens with two attached hydrogens (primary N) is 1. The zero-order valence-corrected chi connectivity index (χ0v) is 12.3. The Balaban J connectivity index is 2.09. The van der Waals surface area contributed by atoms with Gasteiger partial charge in [0.15, 0.2) is 0 Å². The zero-order chi connectivity index (χ0) is 15.4. The Morgan fingerprint density at radius 2 is 2.05 bits per heavy atom. The molecule has 2 rings (SSSR count). The summed E-state index contributed by atoms with van der Waals surface area (Å²) in [6, 6.07) is 3.63. The van der Waals surface area contributed by atoms with Crippen LogP contribution >= 0.6 is 0 Å². The first-order valence-electron chi connectivity index (χ1n) is 7.49. The summed E-state index contributed by atoms with van der Waals surface area (Å²) in [6.07, 6.45) is 2.63. The van der Waals surface area contributed by atoms with Gasteiger partial charge in [0.2, 0.25) is 5.91 Å². The highest BCUT2D eigenvalue weighted by molar-refractivity contribution is 5.79. The molecule has 0 bridgehead atoms. The number of likely N-dealkylation sites (tertiary alicyclic amines) is 1. The molecule has 116 valence electrons. The van der Waals surface area contributed by atoms with Crippen LogP contribution in [-0.2, 0) is 11.2 Å². The van der Waals surface area contributed by atoms with Crippen molar-refractivity contribution in [1.82, 2.24) is 4.90 Å². The van der Waals surface area contributed by atoms with Crippen LogP contribution in [0.5, 0.6) is 0 Å². The molecule has 1 amide bonds. The normalized spacial score (nSPS) is 22.4. The van der Waals surface area contributed by atoms with Gasteiger partial charge in [0, 0.05) is 24.7 Å². The van der Waals surface area contributed by atoms with Crippen molar-refractivity contribution >= 4 is 5.91 Å². The highest BCUT2D eigenvalue weighted by Gasteiger charge is 2.30. The van der Waals surface area contributed by atoms with Crippen LogP contribution in [0, 0.1) is 17.6 Å². The van der Waals surface area contributed by atoms with E-state index in [2.05, 4.69) is 6.92 Å². The number of amides is 1. The van der Waals surface area contributed by atoms with Crippen molar-refractivity contribution in [2.24, 2.45) is 11.7 Å². The number of benzene rings is 1. The average molecular weight is 296 g/mol. The first-order valence-corrected chi connectivity index (χ1v) is 7.49. The lowest BCUT2D eigenvalue weighted by molar-refractivity contribution is -0.134. The van der Waals surface area contributed by atoms with Crippen LogP contribution < -0.4 is 5.73 Å². The van der Waals surface area contributed by atoms with Crippen LogP contribution in [0.3, 0.4) is 0 Å². The molecule has 2 N–H and O–H groups in total. The van der Waals surface area contributed by atoms with E-state index in [1.165, 1.54) is 18.2 Å². The van der Waals surface area contributed by atoms with E-state index in [4.69, 9.17) is 5.73 Å². The maximum Gasteiger partial charge on any atom is 0.227 e.